The Morgan fingerprint density at radius 2 is 1.93 bits per heavy atom. The van der Waals surface area contributed by atoms with Crippen LogP contribution < -0.4 is 4.74 Å². The fourth-order valence-corrected chi connectivity index (χ4v) is 4.30. The summed E-state index contributed by atoms with van der Waals surface area (Å²) < 4.78 is 6.09. The van der Waals surface area contributed by atoms with E-state index < -0.39 is 0 Å². The predicted octanol–water partition coefficient (Wildman–Crippen LogP) is 4.73. The van der Waals surface area contributed by atoms with Gasteiger partial charge in [-0.25, -0.2) is 4.98 Å². The topological polar surface area (TPSA) is 42.4 Å². The molecule has 0 radical (unpaired) electrons. The molecule has 2 aromatic carbocycles. The van der Waals surface area contributed by atoms with E-state index in [0.717, 1.165) is 47.9 Å². The summed E-state index contributed by atoms with van der Waals surface area (Å²) in [5.41, 5.74) is 3.15. The molecule has 4 nitrogen and oxygen atoms in total. The maximum absolute atomic E-state index is 12.7. The Morgan fingerprint density at radius 1 is 1.14 bits per heavy atom. The van der Waals surface area contributed by atoms with Crippen LogP contribution in [0.4, 0.5) is 0 Å². The number of nitrogens with zero attached hydrogens (tertiary/aromatic N) is 2. The Morgan fingerprint density at radius 3 is 2.68 bits per heavy atom. The second kappa shape index (κ2) is 8.57. The molecule has 1 aromatic heterocycles. The zero-order chi connectivity index (χ0) is 19.3. The normalized spacial score (nSPS) is 14.8. The fourth-order valence-electron chi connectivity index (χ4n) is 3.47. The number of carbonyl (C=O) groups excluding carboxylic acids is 1. The van der Waals surface area contributed by atoms with Crippen molar-refractivity contribution in [1.82, 2.24) is 9.88 Å². The van der Waals surface area contributed by atoms with Crippen LogP contribution in [0.2, 0.25) is 0 Å². The number of ether oxygens (including phenoxy) is 1. The number of hydrogen-bond acceptors (Lipinski definition) is 4. The van der Waals surface area contributed by atoms with Crippen molar-refractivity contribution in [2.45, 2.75) is 32.3 Å². The first kappa shape index (κ1) is 18.7. The fraction of sp³-hybridized carbons (Fsp3) is 0.304. The van der Waals surface area contributed by atoms with E-state index in [-0.39, 0.29) is 12.0 Å². The zero-order valence-electron chi connectivity index (χ0n) is 16.0. The standard InChI is InChI=1S/C23H24N2O2S/c1-17-6-5-9-21(14-17)27-20-10-12-25(13-11-20)22(26)15-19-16-28-23(24-19)18-7-3-2-4-8-18/h2-9,14,16,20H,10-13,15H2,1H3. The lowest BCUT2D eigenvalue weighted by Crippen LogP contribution is -2.42. The SMILES string of the molecule is Cc1cccc(OC2CCN(C(=O)Cc3csc(-c4ccccc4)n3)CC2)c1. The van der Waals surface area contributed by atoms with Crippen LogP contribution in [0.1, 0.15) is 24.1 Å². The molecule has 1 aliphatic heterocycles. The Bertz CT molecular complexity index is 931. The molecule has 2 heterocycles. The quantitative estimate of drug-likeness (QED) is 0.630. The highest BCUT2D eigenvalue weighted by molar-refractivity contribution is 7.13. The minimum absolute atomic E-state index is 0.152. The highest BCUT2D eigenvalue weighted by Gasteiger charge is 2.24. The second-order valence-corrected chi connectivity index (χ2v) is 8.06. The summed E-state index contributed by atoms with van der Waals surface area (Å²) in [4.78, 5) is 19.3. The van der Waals surface area contributed by atoms with E-state index in [0.29, 0.717) is 6.42 Å². The Labute approximate surface area is 169 Å². The summed E-state index contributed by atoms with van der Waals surface area (Å²) in [6.45, 7) is 3.55. The first-order chi connectivity index (χ1) is 13.7. The number of likely N-dealkylation sites (tertiary alicyclic amines) is 1. The van der Waals surface area contributed by atoms with E-state index in [9.17, 15) is 4.79 Å². The van der Waals surface area contributed by atoms with Crippen LogP contribution in [0.3, 0.4) is 0 Å². The first-order valence-electron chi connectivity index (χ1n) is 9.68. The molecule has 0 unspecified atom stereocenters. The number of amides is 1. The summed E-state index contributed by atoms with van der Waals surface area (Å²) in [6, 6.07) is 18.2. The van der Waals surface area contributed by atoms with Gasteiger partial charge in [-0.05, 0) is 24.6 Å². The molecular weight excluding hydrogens is 368 g/mol. The number of aryl methyl sites for hydroxylation is 1. The molecular formula is C23H24N2O2S. The van der Waals surface area contributed by atoms with Crippen molar-refractivity contribution >= 4 is 17.2 Å². The van der Waals surface area contributed by atoms with Crippen molar-refractivity contribution in [3.05, 3.63) is 71.2 Å². The number of piperidine rings is 1. The van der Waals surface area contributed by atoms with Gasteiger partial charge in [-0.15, -0.1) is 11.3 Å². The van der Waals surface area contributed by atoms with Crippen LogP contribution in [0.25, 0.3) is 10.6 Å². The van der Waals surface area contributed by atoms with E-state index in [1.807, 2.05) is 52.7 Å². The molecule has 3 aromatic rings. The maximum atomic E-state index is 12.7. The molecule has 0 saturated carbocycles. The summed E-state index contributed by atoms with van der Waals surface area (Å²) >= 11 is 1.59. The number of rotatable bonds is 5. The molecule has 28 heavy (non-hydrogen) atoms. The van der Waals surface area contributed by atoms with E-state index in [1.165, 1.54) is 5.56 Å². The Hall–Kier alpha value is -2.66. The van der Waals surface area contributed by atoms with Crippen molar-refractivity contribution in [2.75, 3.05) is 13.1 Å². The third kappa shape index (κ3) is 4.60. The Kier molecular flexibility index (Phi) is 5.72. The summed E-state index contributed by atoms with van der Waals surface area (Å²) in [5, 5.41) is 2.96. The molecule has 0 atom stereocenters. The van der Waals surface area contributed by atoms with Crippen LogP contribution in [0, 0.1) is 6.92 Å². The average Bonchev–Trinajstić information content (AvgIpc) is 3.18. The van der Waals surface area contributed by atoms with Gasteiger partial charge in [0.1, 0.15) is 16.9 Å². The molecule has 1 aliphatic rings. The molecule has 0 spiro atoms. The van der Waals surface area contributed by atoms with E-state index in [1.54, 1.807) is 11.3 Å². The van der Waals surface area contributed by atoms with E-state index in [4.69, 9.17) is 4.74 Å². The number of aromatic nitrogens is 1. The molecule has 0 N–H and O–H groups in total. The van der Waals surface area contributed by atoms with Gasteiger partial charge in [0.25, 0.3) is 0 Å². The molecule has 1 amide bonds. The largest absolute Gasteiger partial charge is 0.490 e. The second-order valence-electron chi connectivity index (χ2n) is 7.20. The highest BCUT2D eigenvalue weighted by atomic mass is 32.1. The predicted molar refractivity (Wildman–Crippen MR) is 113 cm³/mol. The number of benzene rings is 2. The van der Waals surface area contributed by atoms with Crippen LogP contribution in [0.15, 0.2) is 60.0 Å². The Balaban J connectivity index is 1.29. The molecule has 1 fully saturated rings. The average molecular weight is 393 g/mol. The molecule has 4 rings (SSSR count). The first-order valence-corrected chi connectivity index (χ1v) is 10.6. The van der Waals surface area contributed by atoms with Gasteiger partial charge >= 0.3 is 0 Å². The number of carbonyl (C=O) groups is 1. The highest BCUT2D eigenvalue weighted by Crippen LogP contribution is 2.24. The third-order valence-corrected chi connectivity index (χ3v) is 5.93. The molecule has 144 valence electrons. The summed E-state index contributed by atoms with van der Waals surface area (Å²) in [7, 11) is 0. The lowest BCUT2D eigenvalue weighted by atomic mass is 10.1. The number of thiazole rings is 1. The van der Waals surface area contributed by atoms with Gasteiger partial charge < -0.3 is 9.64 Å². The summed E-state index contributed by atoms with van der Waals surface area (Å²) in [6.07, 6.45) is 2.28. The van der Waals surface area contributed by atoms with Crippen LogP contribution >= 0.6 is 11.3 Å². The van der Waals surface area contributed by atoms with Gasteiger partial charge in [0.15, 0.2) is 0 Å². The van der Waals surface area contributed by atoms with Gasteiger partial charge in [0.2, 0.25) is 5.91 Å². The molecule has 0 aliphatic carbocycles. The minimum Gasteiger partial charge on any atom is -0.490 e. The zero-order valence-corrected chi connectivity index (χ0v) is 16.8. The van der Waals surface area contributed by atoms with Gasteiger partial charge in [-0.2, -0.15) is 0 Å². The van der Waals surface area contributed by atoms with Gasteiger partial charge in [-0.3, -0.25) is 4.79 Å². The monoisotopic (exact) mass is 392 g/mol. The molecule has 5 heteroatoms. The van der Waals surface area contributed by atoms with Crippen LogP contribution in [-0.2, 0) is 11.2 Å². The minimum atomic E-state index is 0.152. The van der Waals surface area contributed by atoms with E-state index >= 15 is 0 Å². The van der Waals surface area contributed by atoms with Crippen molar-refractivity contribution in [2.24, 2.45) is 0 Å². The van der Waals surface area contributed by atoms with Crippen molar-refractivity contribution in [3.8, 4) is 16.3 Å². The lowest BCUT2D eigenvalue weighted by molar-refractivity contribution is -0.132. The van der Waals surface area contributed by atoms with Gasteiger partial charge in [-0.1, -0.05) is 42.5 Å². The van der Waals surface area contributed by atoms with Gasteiger partial charge in [0.05, 0.1) is 12.1 Å². The van der Waals surface area contributed by atoms with Crippen LogP contribution in [0.5, 0.6) is 5.75 Å². The number of hydrogen-bond donors (Lipinski definition) is 0. The third-order valence-electron chi connectivity index (χ3n) is 4.99. The van der Waals surface area contributed by atoms with Crippen molar-refractivity contribution in [3.63, 3.8) is 0 Å². The molecule has 1 saturated heterocycles. The summed E-state index contributed by atoms with van der Waals surface area (Å²) in [5.74, 6) is 1.07. The van der Waals surface area contributed by atoms with Crippen molar-refractivity contribution < 1.29 is 9.53 Å². The van der Waals surface area contributed by atoms with E-state index in [2.05, 4.69) is 24.0 Å². The van der Waals surface area contributed by atoms with Gasteiger partial charge in [0, 0.05) is 36.9 Å². The van der Waals surface area contributed by atoms with Crippen molar-refractivity contribution in [1.29, 1.82) is 0 Å². The lowest BCUT2D eigenvalue weighted by Gasteiger charge is -2.32. The smallest absolute Gasteiger partial charge is 0.228 e. The maximum Gasteiger partial charge on any atom is 0.228 e. The van der Waals surface area contributed by atoms with Crippen LogP contribution in [-0.4, -0.2) is 35.0 Å². The molecule has 0 bridgehead atoms.